The first-order valence-corrected chi connectivity index (χ1v) is 5.82. The van der Waals surface area contributed by atoms with Crippen LogP contribution in [0.25, 0.3) is 0 Å². The Morgan fingerprint density at radius 3 is 2.63 bits per heavy atom. The van der Waals surface area contributed by atoms with E-state index in [4.69, 9.17) is 4.74 Å². The minimum absolute atomic E-state index is 0.0251. The molecule has 19 heavy (non-hydrogen) atoms. The van der Waals surface area contributed by atoms with Gasteiger partial charge in [0.25, 0.3) is 0 Å². The van der Waals surface area contributed by atoms with Gasteiger partial charge in [-0.25, -0.2) is 4.79 Å². The predicted molar refractivity (Wildman–Crippen MR) is 70.0 cm³/mol. The van der Waals surface area contributed by atoms with Gasteiger partial charge in [0, 0.05) is 0 Å². The van der Waals surface area contributed by atoms with Gasteiger partial charge in [-0.05, 0) is 31.0 Å². The summed E-state index contributed by atoms with van der Waals surface area (Å²) in [6.07, 6.45) is 0. The molecule has 0 bridgehead atoms. The Morgan fingerprint density at radius 1 is 1.21 bits per heavy atom. The Morgan fingerprint density at radius 2 is 1.95 bits per heavy atom. The second kappa shape index (κ2) is 7.25. The van der Waals surface area contributed by atoms with Gasteiger partial charge in [0.2, 0.25) is 0 Å². The van der Waals surface area contributed by atoms with E-state index in [1.807, 2.05) is 32.0 Å². The molecular weight excluding hydrogens is 248 g/mol. The number of amides is 2. The highest BCUT2D eigenvalue weighted by molar-refractivity contribution is 5.80. The number of nitrogens with one attached hydrogen (secondary N) is 2. The highest BCUT2D eigenvalue weighted by Gasteiger charge is 2.05. The van der Waals surface area contributed by atoms with E-state index in [0.717, 1.165) is 11.1 Å². The highest BCUT2D eigenvalue weighted by atomic mass is 16.5. The summed E-state index contributed by atoms with van der Waals surface area (Å²) in [6.45, 7) is 3.78. The maximum Gasteiger partial charge on any atom is 0.325 e. The van der Waals surface area contributed by atoms with Crippen molar-refractivity contribution >= 4 is 12.0 Å². The van der Waals surface area contributed by atoms with Gasteiger partial charge < -0.3 is 20.1 Å². The zero-order valence-corrected chi connectivity index (χ0v) is 11.3. The van der Waals surface area contributed by atoms with Crippen LogP contribution in [0.15, 0.2) is 18.2 Å². The van der Waals surface area contributed by atoms with Crippen LogP contribution in [-0.2, 0) is 9.53 Å². The summed E-state index contributed by atoms with van der Waals surface area (Å²) < 4.78 is 9.82. The van der Waals surface area contributed by atoms with Crippen molar-refractivity contribution in [3.63, 3.8) is 0 Å². The number of esters is 1. The van der Waals surface area contributed by atoms with Gasteiger partial charge in [0.15, 0.2) is 6.73 Å². The number of hydrogen-bond donors (Lipinski definition) is 2. The Hall–Kier alpha value is -2.24. The van der Waals surface area contributed by atoms with Gasteiger partial charge >= 0.3 is 12.0 Å². The molecular formula is C13H18N2O4. The standard InChI is InChI=1S/C13H18N2O4/c1-9-5-4-6-11(10(9)2)19-8-15-13(17)14-7-12(16)18-3/h4-6H,7-8H2,1-3H3,(H2,14,15,17). The van der Waals surface area contributed by atoms with Crippen molar-refractivity contribution < 1.29 is 19.1 Å². The van der Waals surface area contributed by atoms with Gasteiger partial charge in [-0.1, -0.05) is 12.1 Å². The van der Waals surface area contributed by atoms with E-state index in [1.54, 1.807) is 0 Å². The number of hydrogen-bond acceptors (Lipinski definition) is 4. The average molecular weight is 266 g/mol. The van der Waals surface area contributed by atoms with E-state index >= 15 is 0 Å². The van der Waals surface area contributed by atoms with Crippen molar-refractivity contribution in [3.8, 4) is 5.75 Å². The van der Waals surface area contributed by atoms with E-state index < -0.39 is 12.0 Å². The first-order chi connectivity index (χ1) is 9.04. The lowest BCUT2D eigenvalue weighted by atomic mass is 10.1. The zero-order chi connectivity index (χ0) is 14.3. The van der Waals surface area contributed by atoms with Crippen LogP contribution in [0.1, 0.15) is 11.1 Å². The molecule has 6 heteroatoms. The normalized spacial score (nSPS) is 9.63. The summed E-state index contributed by atoms with van der Waals surface area (Å²) in [4.78, 5) is 22.1. The molecule has 0 saturated carbocycles. The monoisotopic (exact) mass is 266 g/mol. The summed E-state index contributed by atoms with van der Waals surface area (Å²) in [5, 5.41) is 4.82. The fourth-order valence-corrected chi connectivity index (χ4v) is 1.35. The number of aryl methyl sites for hydroxylation is 1. The van der Waals surface area contributed by atoms with Crippen LogP contribution >= 0.6 is 0 Å². The van der Waals surface area contributed by atoms with Crippen LogP contribution in [0.4, 0.5) is 4.79 Å². The lowest BCUT2D eigenvalue weighted by Gasteiger charge is -2.11. The van der Waals surface area contributed by atoms with Crippen LogP contribution < -0.4 is 15.4 Å². The van der Waals surface area contributed by atoms with Crippen molar-refractivity contribution in [1.29, 1.82) is 0 Å². The molecule has 0 fully saturated rings. The van der Waals surface area contributed by atoms with Gasteiger partial charge in [0.1, 0.15) is 12.3 Å². The van der Waals surface area contributed by atoms with E-state index in [1.165, 1.54) is 7.11 Å². The van der Waals surface area contributed by atoms with Gasteiger partial charge in [0.05, 0.1) is 7.11 Å². The Kier molecular flexibility index (Phi) is 5.66. The molecule has 0 aliphatic rings. The first kappa shape index (κ1) is 14.8. The van der Waals surface area contributed by atoms with E-state index in [-0.39, 0.29) is 13.3 Å². The number of ether oxygens (including phenoxy) is 2. The van der Waals surface area contributed by atoms with Crippen LogP contribution in [-0.4, -0.2) is 32.4 Å². The van der Waals surface area contributed by atoms with E-state index in [2.05, 4.69) is 15.4 Å². The molecule has 1 rings (SSSR count). The van der Waals surface area contributed by atoms with E-state index in [9.17, 15) is 9.59 Å². The summed E-state index contributed by atoms with van der Waals surface area (Å²) in [5.41, 5.74) is 2.15. The predicted octanol–water partition coefficient (Wildman–Crippen LogP) is 1.11. The topological polar surface area (TPSA) is 76.7 Å². The van der Waals surface area contributed by atoms with Crippen LogP contribution in [0.5, 0.6) is 5.75 Å². The van der Waals surface area contributed by atoms with Crippen molar-refractivity contribution in [3.05, 3.63) is 29.3 Å². The second-order valence-corrected chi connectivity index (χ2v) is 3.92. The number of methoxy groups -OCH3 is 1. The number of rotatable bonds is 5. The lowest BCUT2D eigenvalue weighted by Crippen LogP contribution is -2.40. The number of carbonyl (C=O) groups is 2. The summed E-state index contributed by atoms with van der Waals surface area (Å²) in [7, 11) is 1.26. The molecule has 6 nitrogen and oxygen atoms in total. The molecule has 0 radical (unpaired) electrons. The average Bonchev–Trinajstić information content (AvgIpc) is 2.40. The highest BCUT2D eigenvalue weighted by Crippen LogP contribution is 2.19. The quantitative estimate of drug-likeness (QED) is 0.618. The third kappa shape index (κ3) is 4.87. The summed E-state index contributed by atoms with van der Waals surface area (Å²) >= 11 is 0. The number of benzene rings is 1. The maximum atomic E-state index is 11.3. The Balaban J connectivity index is 2.32. The molecule has 0 aliphatic carbocycles. The molecule has 0 saturated heterocycles. The molecule has 0 aromatic heterocycles. The van der Waals surface area contributed by atoms with Gasteiger partial charge in [-0.2, -0.15) is 0 Å². The molecule has 104 valence electrons. The largest absolute Gasteiger partial charge is 0.473 e. The van der Waals surface area contributed by atoms with Crippen molar-refractivity contribution in [2.75, 3.05) is 20.4 Å². The smallest absolute Gasteiger partial charge is 0.325 e. The second-order valence-electron chi connectivity index (χ2n) is 3.92. The summed E-state index contributed by atoms with van der Waals surface area (Å²) in [5.74, 6) is 0.207. The molecule has 0 heterocycles. The zero-order valence-electron chi connectivity index (χ0n) is 11.3. The summed E-state index contributed by atoms with van der Waals surface area (Å²) in [6, 6.07) is 5.21. The minimum atomic E-state index is -0.509. The van der Waals surface area contributed by atoms with E-state index in [0.29, 0.717) is 5.75 Å². The third-order valence-electron chi connectivity index (χ3n) is 2.64. The van der Waals surface area contributed by atoms with Crippen molar-refractivity contribution in [2.24, 2.45) is 0 Å². The fourth-order valence-electron chi connectivity index (χ4n) is 1.35. The SMILES string of the molecule is COC(=O)CNC(=O)NCOc1cccc(C)c1C. The Labute approximate surface area is 112 Å². The van der Waals surface area contributed by atoms with Gasteiger partial charge in [-0.3, -0.25) is 4.79 Å². The molecule has 0 spiro atoms. The van der Waals surface area contributed by atoms with Gasteiger partial charge in [-0.15, -0.1) is 0 Å². The number of urea groups is 1. The molecule has 1 aromatic rings. The molecule has 1 aromatic carbocycles. The van der Waals surface area contributed by atoms with Crippen LogP contribution in [0, 0.1) is 13.8 Å². The van der Waals surface area contributed by atoms with Crippen molar-refractivity contribution in [2.45, 2.75) is 13.8 Å². The number of carbonyl (C=O) groups excluding carboxylic acids is 2. The fraction of sp³-hybridized carbons (Fsp3) is 0.385. The van der Waals surface area contributed by atoms with Crippen LogP contribution in [0.2, 0.25) is 0 Å². The molecule has 0 atom stereocenters. The third-order valence-corrected chi connectivity index (χ3v) is 2.64. The first-order valence-electron chi connectivity index (χ1n) is 5.82. The Bertz CT molecular complexity index is 460. The molecule has 0 unspecified atom stereocenters. The molecule has 2 N–H and O–H groups in total. The minimum Gasteiger partial charge on any atom is -0.473 e. The van der Waals surface area contributed by atoms with Crippen LogP contribution in [0.3, 0.4) is 0 Å². The van der Waals surface area contributed by atoms with Crippen molar-refractivity contribution in [1.82, 2.24) is 10.6 Å². The lowest BCUT2D eigenvalue weighted by molar-refractivity contribution is -0.139. The maximum absolute atomic E-state index is 11.3. The molecule has 0 aliphatic heterocycles. The molecule has 2 amide bonds.